The van der Waals surface area contributed by atoms with Gasteiger partial charge in [-0.2, -0.15) is 0 Å². The summed E-state index contributed by atoms with van der Waals surface area (Å²) in [6, 6.07) is 6.01. The number of methoxy groups -OCH3 is 1. The summed E-state index contributed by atoms with van der Waals surface area (Å²) in [4.78, 5) is 49.1. The van der Waals surface area contributed by atoms with Crippen molar-refractivity contribution in [2.75, 3.05) is 12.9 Å². The first kappa shape index (κ1) is 24.5. The molecule has 2 rings (SSSR count). The molecular weight excluding hydrogens is 422 g/mol. The van der Waals surface area contributed by atoms with E-state index in [0.717, 1.165) is 0 Å². The second-order valence-corrected chi connectivity index (χ2v) is 9.12. The Morgan fingerprint density at radius 1 is 1.10 bits per heavy atom. The van der Waals surface area contributed by atoms with Crippen LogP contribution in [0, 0.1) is 0 Å². The highest BCUT2D eigenvalue weighted by Crippen LogP contribution is 2.35. The number of carbonyl (C=O) groups excluding carboxylic acids is 2. The largest absolute Gasteiger partial charge is 0.486 e. The average Bonchev–Trinajstić information content (AvgIpc) is 2.68. The Kier molecular flexibility index (Phi) is 7.89. The van der Waals surface area contributed by atoms with E-state index in [0.29, 0.717) is 10.5 Å². The normalized spacial score (nSPS) is 12.5. The van der Waals surface area contributed by atoms with Crippen molar-refractivity contribution in [1.29, 1.82) is 0 Å². The van der Waals surface area contributed by atoms with Crippen molar-refractivity contribution in [3.05, 3.63) is 44.7 Å². The fourth-order valence-electron chi connectivity index (χ4n) is 2.70. The van der Waals surface area contributed by atoms with E-state index in [1.165, 1.54) is 18.9 Å². The monoisotopic (exact) mass is 449 g/mol. The van der Waals surface area contributed by atoms with Crippen molar-refractivity contribution in [3.8, 4) is 16.9 Å². The third-order valence-corrected chi connectivity index (χ3v) is 5.13. The number of alkyl carbamates (subject to hydrolysis) is 1. The van der Waals surface area contributed by atoms with Gasteiger partial charge in [-0.25, -0.2) is 9.59 Å². The van der Waals surface area contributed by atoms with Crippen LogP contribution in [0.3, 0.4) is 0 Å². The lowest BCUT2D eigenvalue weighted by Crippen LogP contribution is -2.45. The molecule has 0 aromatic heterocycles. The SMILES string of the molecule is COC(=O)[C@@H](CSc1ccccc1-c1c(OC(C)C)c(=O)c1=O)NC(=O)OC(C)(C)C. The van der Waals surface area contributed by atoms with Crippen LogP contribution in [-0.2, 0) is 14.3 Å². The van der Waals surface area contributed by atoms with Crippen LogP contribution in [0.2, 0.25) is 0 Å². The minimum absolute atomic E-state index is 0.0458. The molecule has 0 aliphatic heterocycles. The van der Waals surface area contributed by atoms with Crippen molar-refractivity contribution in [3.63, 3.8) is 0 Å². The van der Waals surface area contributed by atoms with Crippen molar-refractivity contribution >= 4 is 23.8 Å². The average molecular weight is 450 g/mol. The van der Waals surface area contributed by atoms with Gasteiger partial charge in [-0.05, 0) is 40.7 Å². The third kappa shape index (κ3) is 6.33. The first-order valence-corrected chi connectivity index (χ1v) is 10.7. The third-order valence-electron chi connectivity index (χ3n) is 3.96. The van der Waals surface area contributed by atoms with Crippen molar-refractivity contribution < 1.29 is 23.8 Å². The van der Waals surface area contributed by atoms with E-state index >= 15 is 0 Å². The Balaban J connectivity index is 2.24. The number of ether oxygens (including phenoxy) is 3. The van der Waals surface area contributed by atoms with Gasteiger partial charge in [0.1, 0.15) is 11.6 Å². The van der Waals surface area contributed by atoms with Crippen molar-refractivity contribution in [2.24, 2.45) is 0 Å². The summed E-state index contributed by atoms with van der Waals surface area (Å²) in [6.45, 7) is 8.68. The molecule has 9 heteroatoms. The summed E-state index contributed by atoms with van der Waals surface area (Å²) in [7, 11) is 1.23. The molecule has 1 N–H and O–H groups in total. The maximum atomic E-state index is 12.2. The summed E-state index contributed by atoms with van der Waals surface area (Å²) >= 11 is 1.24. The van der Waals surface area contributed by atoms with Crippen LogP contribution in [-0.4, -0.2) is 42.7 Å². The lowest BCUT2D eigenvalue weighted by atomic mass is 10.00. The molecule has 8 nitrogen and oxygen atoms in total. The van der Waals surface area contributed by atoms with Crippen molar-refractivity contribution in [2.45, 2.75) is 57.3 Å². The Bertz CT molecular complexity index is 1020. The lowest BCUT2D eigenvalue weighted by molar-refractivity contribution is -0.142. The molecule has 0 heterocycles. The molecule has 0 saturated carbocycles. The molecule has 1 atom stereocenters. The summed E-state index contributed by atoms with van der Waals surface area (Å²) in [5.41, 5.74) is -1.23. The number of thioether (sulfide) groups is 1. The number of benzene rings is 1. The van der Waals surface area contributed by atoms with Crippen LogP contribution < -0.4 is 20.9 Å². The number of rotatable bonds is 8. The Morgan fingerprint density at radius 3 is 2.32 bits per heavy atom. The van der Waals surface area contributed by atoms with Crippen molar-refractivity contribution in [1.82, 2.24) is 5.32 Å². The molecule has 2 aromatic rings. The number of esters is 1. The van der Waals surface area contributed by atoms with E-state index in [4.69, 9.17) is 14.2 Å². The van der Waals surface area contributed by atoms with Gasteiger partial charge >= 0.3 is 12.1 Å². The lowest BCUT2D eigenvalue weighted by Gasteiger charge is -2.23. The van der Waals surface area contributed by atoms with E-state index in [2.05, 4.69) is 5.32 Å². The smallest absolute Gasteiger partial charge is 0.408 e. The van der Waals surface area contributed by atoms with Gasteiger partial charge in [0.05, 0.1) is 18.8 Å². The molecule has 168 valence electrons. The molecule has 0 aliphatic rings. The van der Waals surface area contributed by atoms with E-state index in [1.54, 1.807) is 58.9 Å². The molecule has 0 aliphatic carbocycles. The zero-order valence-corrected chi connectivity index (χ0v) is 19.3. The van der Waals surface area contributed by atoms with Crippen LogP contribution in [0.5, 0.6) is 5.75 Å². The highest BCUT2D eigenvalue weighted by atomic mass is 32.2. The van der Waals surface area contributed by atoms with E-state index < -0.39 is 34.6 Å². The van der Waals surface area contributed by atoms with Crippen LogP contribution in [0.1, 0.15) is 34.6 Å². The summed E-state index contributed by atoms with van der Waals surface area (Å²) < 4.78 is 15.5. The maximum Gasteiger partial charge on any atom is 0.408 e. The predicted octanol–water partition coefficient (Wildman–Crippen LogP) is 2.90. The molecule has 0 saturated heterocycles. The number of hydrogen-bond acceptors (Lipinski definition) is 8. The Labute approximate surface area is 185 Å². The number of hydrogen-bond donors (Lipinski definition) is 1. The quantitative estimate of drug-likeness (QED) is 0.372. The van der Waals surface area contributed by atoms with Gasteiger partial charge in [-0.3, -0.25) is 9.59 Å². The summed E-state index contributed by atoms with van der Waals surface area (Å²) in [5.74, 6) is -0.461. The molecule has 0 bridgehead atoms. The molecule has 0 unspecified atom stereocenters. The Hall–Kier alpha value is -2.81. The van der Waals surface area contributed by atoms with Gasteiger partial charge in [0.2, 0.25) is 5.43 Å². The molecule has 1 amide bonds. The molecular formula is C22H27NO7S. The fourth-order valence-corrected chi connectivity index (χ4v) is 3.76. The molecule has 2 aromatic carbocycles. The highest BCUT2D eigenvalue weighted by Gasteiger charge is 2.28. The molecule has 0 radical (unpaired) electrons. The molecule has 31 heavy (non-hydrogen) atoms. The fraction of sp³-hybridized carbons (Fsp3) is 0.455. The first-order chi connectivity index (χ1) is 14.4. The van der Waals surface area contributed by atoms with Crippen LogP contribution in [0.25, 0.3) is 11.1 Å². The standard InChI is InChI=1S/C22H27NO7S/c1-12(2)29-19-16(17(24)18(19)25)13-9-7-8-10-15(13)31-11-14(20(26)28-6)23-21(27)30-22(3,4)5/h7-10,12,14H,11H2,1-6H3,(H,23,27)/t14-/m1/s1. The van der Waals surface area contributed by atoms with E-state index in [-0.39, 0.29) is 23.2 Å². The van der Waals surface area contributed by atoms with E-state index in [9.17, 15) is 19.2 Å². The highest BCUT2D eigenvalue weighted by molar-refractivity contribution is 7.99. The van der Waals surface area contributed by atoms with Gasteiger partial charge in [0.15, 0.2) is 5.75 Å². The van der Waals surface area contributed by atoms with E-state index in [1.807, 2.05) is 0 Å². The first-order valence-electron chi connectivity index (χ1n) is 9.74. The minimum atomic E-state index is -0.975. The topological polar surface area (TPSA) is 108 Å². The van der Waals surface area contributed by atoms with Gasteiger partial charge in [-0.15, -0.1) is 11.8 Å². The zero-order valence-electron chi connectivity index (χ0n) is 18.4. The number of nitrogens with one attached hydrogen (secondary N) is 1. The van der Waals surface area contributed by atoms with Gasteiger partial charge in [-0.1, -0.05) is 18.2 Å². The number of carbonyl (C=O) groups is 2. The van der Waals surface area contributed by atoms with Crippen LogP contribution in [0.4, 0.5) is 4.79 Å². The minimum Gasteiger partial charge on any atom is -0.486 e. The Morgan fingerprint density at radius 2 is 1.74 bits per heavy atom. The number of amides is 1. The van der Waals surface area contributed by atoms with Gasteiger partial charge in [0.25, 0.3) is 5.43 Å². The maximum absolute atomic E-state index is 12.2. The second-order valence-electron chi connectivity index (χ2n) is 8.06. The van der Waals surface area contributed by atoms with Gasteiger partial charge in [0, 0.05) is 16.2 Å². The predicted molar refractivity (Wildman–Crippen MR) is 118 cm³/mol. The molecule has 0 fully saturated rings. The zero-order chi connectivity index (χ0) is 23.3. The summed E-state index contributed by atoms with van der Waals surface area (Å²) in [6.07, 6.45) is -1.00. The van der Waals surface area contributed by atoms with Crippen LogP contribution >= 0.6 is 11.8 Å². The second kappa shape index (κ2) is 10.00. The van der Waals surface area contributed by atoms with Gasteiger partial charge < -0.3 is 19.5 Å². The summed E-state index contributed by atoms with van der Waals surface area (Å²) in [5, 5.41) is 2.51. The van der Waals surface area contributed by atoms with Crippen LogP contribution in [0.15, 0.2) is 38.8 Å². The molecule has 0 spiro atoms.